The zero-order valence-electron chi connectivity index (χ0n) is 10.1. The van der Waals surface area contributed by atoms with Gasteiger partial charge in [0, 0.05) is 25.2 Å². The Balaban J connectivity index is 1.85. The molecule has 3 rings (SSSR count). The lowest BCUT2D eigenvalue weighted by molar-refractivity contribution is -0.0375. The van der Waals surface area contributed by atoms with Gasteiger partial charge in [-0.1, -0.05) is 0 Å². The molecule has 0 aliphatic carbocycles. The zero-order chi connectivity index (χ0) is 12.7. The number of ether oxygens (including phenoxy) is 1. The van der Waals surface area contributed by atoms with E-state index in [0.29, 0.717) is 23.6 Å². The van der Waals surface area contributed by atoms with E-state index in [0.717, 1.165) is 18.7 Å². The molecule has 0 spiro atoms. The maximum absolute atomic E-state index is 12.5. The topological polar surface area (TPSA) is 54.7 Å². The highest BCUT2D eigenvalue weighted by molar-refractivity contribution is 9.10. The summed E-state index contributed by atoms with van der Waals surface area (Å²) < 4.78 is 11.7. The summed E-state index contributed by atoms with van der Waals surface area (Å²) >= 11 is 3.26. The van der Waals surface area contributed by atoms with Gasteiger partial charge in [0.2, 0.25) is 0 Å². The number of halogens is 1. The van der Waals surface area contributed by atoms with Gasteiger partial charge in [0.1, 0.15) is 0 Å². The number of furan rings is 1. The monoisotopic (exact) mass is 314 g/mol. The van der Waals surface area contributed by atoms with Crippen molar-refractivity contribution in [2.24, 2.45) is 0 Å². The largest absolute Gasteiger partial charge is 0.444 e. The quantitative estimate of drug-likeness (QED) is 0.845. The third-order valence-corrected chi connectivity index (χ3v) is 3.93. The number of amides is 1. The molecule has 2 atom stereocenters. The predicted octanol–water partition coefficient (Wildman–Crippen LogP) is 1.16. The lowest BCUT2D eigenvalue weighted by Crippen LogP contribution is -2.53. The Bertz CT molecular complexity index is 474. The molecule has 2 fully saturated rings. The summed E-state index contributed by atoms with van der Waals surface area (Å²) in [5, 5.41) is 3.26. The number of morpholine rings is 1. The molecule has 0 saturated carbocycles. The molecule has 0 aromatic carbocycles. The first-order valence-corrected chi connectivity index (χ1v) is 6.85. The molecule has 0 bridgehead atoms. The summed E-state index contributed by atoms with van der Waals surface area (Å²) in [6.07, 6.45) is 0.112. The van der Waals surface area contributed by atoms with E-state index in [4.69, 9.17) is 9.15 Å². The minimum Gasteiger partial charge on any atom is -0.444 e. The molecular weight excluding hydrogens is 300 g/mol. The average Bonchev–Trinajstić information content (AvgIpc) is 2.94. The van der Waals surface area contributed by atoms with Crippen LogP contribution in [0.5, 0.6) is 0 Å². The van der Waals surface area contributed by atoms with Crippen molar-refractivity contribution in [3.8, 4) is 0 Å². The number of carbonyl (C=O) groups excluding carboxylic acids is 1. The molecule has 2 saturated heterocycles. The molecule has 5 nitrogen and oxygen atoms in total. The second-order valence-corrected chi connectivity index (χ2v) is 5.48. The van der Waals surface area contributed by atoms with Crippen molar-refractivity contribution in [1.82, 2.24) is 10.2 Å². The number of fused-ring (bicyclic) bond motifs is 1. The van der Waals surface area contributed by atoms with Gasteiger partial charge < -0.3 is 19.4 Å². The second kappa shape index (κ2) is 4.68. The van der Waals surface area contributed by atoms with Crippen LogP contribution >= 0.6 is 15.9 Å². The minimum absolute atomic E-state index is 0.0415. The van der Waals surface area contributed by atoms with E-state index in [1.54, 1.807) is 0 Å². The van der Waals surface area contributed by atoms with Crippen LogP contribution in [0.1, 0.15) is 16.1 Å². The number of rotatable bonds is 1. The van der Waals surface area contributed by atoms with E-state index >= 15 is 0 Å². The van der Waals surface area contributed by atoms with Crippen molar-refractivity contribution < 1.29 is 13.9 Å². The SMILES string of the molecule is Cc1cc(Br)oc1C(=O)N1CCO[C@H]2CNC[C@H]21. The lowest BCUT2D eigenvalue weighted by atomic mass is 10.1. The number of hydrogen-bond acceptors (Lipinski definition) is 4. The summed E-state index contributed by atoms with van der Waals surface area (Å²) in [5.74, 6) is 0.384. The fourth-order valence-corrected chi connectivity index (χ4v) is 3.13. The predicted molar refractivity (Wildman–Crippen MR) is 68.6 cm³/mol. The van der Waals surface area contributed by atoms with Crippen LogP contribution in [0.15, 0.2) is 15.2 Å². The Labute approximate surface area is 114 Å². The van der Waals surface area contributed by atoms with Crippen molar-refractivity contribution in [3.05, 3.63) is 22.1 Å². The van der Waals surface area contributed by atoms with Gasteiger partial charge in [-0.05, 0) is 28.9 Å². The van der Waals surface area contributed by atoms with Crippen molar-refractivity contribution in [2.75, 3.05) is 26.2 Å². The number of nitrogens with one attached hydrogen (secondary N) is 1. The minimum atomic E-state index is -0.0415. The maximum atomic E-state index is 12.5. The molecule has 98 valence electrons. The van der Waals surface area contributed by atoms with Gasteiger partial charge in [-0.3, -0.25) is 4.79 Å². The Hall–Kier alpha value is -0.850. The summed E-state index contributed by atoms with van der Waals surface area (Å²) in [7, 11) is 0. The van der Waals surface area contributed by atoms with Gasteiger partial charge in [0.05, 0.1) is 18.8 Å². The lowest BCUT2D eigenvalue weighted by Gasteiger charge is -2.36. The normalized spacial score (nSPS) is 27.3. The third kappa shape index (κ3) is 1.98. The van der Waals surface area contributed by atoms with Gasteiger partial charge in [-0.25, -0.2) is 0 Å². The molecule has 1 aromatic heterocycles. The van der Waals surface area contributed by atoms with Gasteiger partial charge >= 0.3 is 0 Å². The van der Waals surface area contributed by atoms with Crippen molar-refractivity contribution >= 4 is 21.8 Å². The highest BCUT2D eigenvalue weighted by atomic mass is 79.9. The molecule has 1 aromatic rings. The highest BCUT2D eigenvalue weighted by Crippen LogP contribution is 2.25. The van der Waals surface area contributed by atoms with Crippen molar-refractivity contribution in [2.45, 2.75) is 19.1 Å². The van der Waals surface area contributed by atoms with Crippen LogP contribution in [0.25, 0.3) is 0 Å². The molecule has 0 radical (unpaired) electrons. The van der Waals surface area contributed by atoms with Crippen LogP contribution in [0, 0.1) is 6.92 Å². The van der Waals surface area contributed by atoms with E-state index in [1.165, 1.54) is 0 Å². The van der Waals surface area contributed by atoms with Crippen LogP contribution in [-0.2, 0) is 4.74 Å². The Morgan fingerprint density at radius 1 is 1.56 bits per heavy atom. The fraction of sp³-hybridized carbons (Fsp3) is 0.583. The van der Waals surface area contributed by atoms with Gasteiger partial charge in [-0.2, -0.15) is 0 Å². The maximum Gasteiger partial charge on any atom is 0.290 e. The number of nitrogens with zero attached hydrogens (tertiary/aromatic N) is 1. The highest BCUT2D eigenvalue weighted by Gasteiger charge is 2.39. The molecule has 2 aliphatic rings. The van der Waals surface area contributed by atoms with E-state index in [1.807, 2.05) is 17.9 Å². The van der Waals surface area contributed by atoms with E-state index in [2.05, 4.69) is 21.2 Å². The fourth-order valence-electron chi connectivity index (χ4n) is 2.63. The standard InChI is InChI=1S/C12H15BrN2O3/c1-7-4-10(13)18-11(7)12(16)15-2-3-17-9-6-14-5-8(9)15/h4,8-9,14H,2-3,5-6H2,1H3/t8-,9+/m1/s1. The second-order valence-electron chi connectivity index (χ2n) is 4.70. The average molecular weight is 315 g/mol. The first-order chi connectivity index (χ1) is 8.66. The van der Waals surface area contributed by atoms with Crippen LogP contribution in [-0.4, -0.2) is 49.2 Å². The van der Waals surface area contributed by atoms with Gasteiger partial charge in [0.25, 0.3) is 5.91 Å². The molecular formula is C12H15BrN2O3. The zero-order valence-corrected chi connectivity index (χ0v) is 11.7. The molecule has 1 N–H and O–H groups in total. The molecule has 2 aliphatic heterocycles. The number of aryl methyl sites for hydroxylation is 1. The van der Waals surface area contributed by atoms with Crippen molar-refractivity contribution in [1.29, 1.82) is 0 Å². The summed E-state index contributed by atoms with van der Waals surface area (Å²) in [6, 6.07) is 1.94. The first-order valence-electron chi connectivity index (χ1n) is 6.06. The Morgan fingerprint density at radius 3 is 3.11 bits per heavy atom. The number of carbonyl (C=O) groups is 1. The molecule has 3 heterocycles. The van der Waals surface area contributed by atoms with Gasteiger partial charge in [0.15, 0.2) is 10.4 Å². The van der Waals surface area contributed by atoms with Gasteiger partial charge in [-0.15, -0.1) is 0 Å². The van der Waals surface area contributed by atoms with E-state index in [-0.39, 0.29) is 18.1 Å². The van der Waals surface area contributed by atoms with Crippen LogP contribution in [0.4, 0.5) is 0 Å². The number of hydrogen-bond donors (Lipinski definition) is 1. The summed E-state index contributed by atoms with van der Waals surface area (Å²) in [6.45, 7) is 4.70. The van der Waals surface area contributed by atoms with E-state index < -0.39 is 0 Å². The smallest absolute Gasteiger partial charge is 0.290 e. The van der Waals surface area contributed by atoms with Crippen LogP contribution < -0.4 is 5.32 Å². The molecule has 18 heavy (non-hydrogen) atoms. The van der Waals surface area contributed by atoms with Crippen LogP contribution in [0.2, 0.25) is 0 Å². The summed E-state index contributed by atoms with van der Waals surface area (Å²) in [5.41, 5.74) is 0.862. The molecule has 6 heteroatoms. The molecule has 1 amide bonds. The Kier molecular flexibility index (Phi) is 3.17. The first kappa shape index (κ1) is 12.2. The summed E-state index contributed by atoms with van der Waals surface area (Å²) in [4.78, 5) is 14.4. The van der Waals surface area contributed by atoms with Crippen molar-refractivity contribution in [3.63, 3.8) is 0 Å². The van der Waals surface area contributed by atoms with E-state index in [9.17, 15) is 4.79 Å². The molecule has 0 unspecified atom stereocenters. The van der Waals surface area contributed by atoms with Crippen LogP contribution in [0.3, 0.4) is 0 Å². The Morgan fingerprint density at radius 2 is 2.39 bits per heavy atom. The third-order valence-electron chi connectivity index (χ3n) is 3.54.